The zero-order chi connectivity index (χ0) is 44.1. The largest absolute Gasteiger partial charge is 0.381 e. The van der Waals surface area contributed by atoms with Crippen molar-refractivity contribution in [3.63, 3.8) is 0 Å². The highest BCUT2D eigenvalue weighted by molar-refractivity contribution is 4.74. The van der Waals surface area contributed by atoms with E-state index in [4.69, 9.17) is 23.7 Å². The first-order valence-electron chi connectivity index (χ1n) is 23.4. The SMILES string of the molecule is CC(C)CCOCCC(C)C.CCC(C)(C)OC(C)(C)CC.CCC(C)COC(C)(C)CC.CCC(C)COCC(C)CC.CCC(C)COCCC(C)C. The smallest absolute Gasteiger partial charge is 0.0631 e. The molecular formula is C50H110O5. The van der Waals surface area contributed by atoms with Gasteiger partial charge in [0, 0.05) is 46.2 Å². The first-order valence-corrected chi connectivity index (χ1v) is 23.4. The van der Waals surface area contributed by atoms with E-state index in [0.717, 1.165) is 101 Å². The van der Waals surface area contributed by atoms with Crippen molar-refractivity contribution >= 4 is 0 Å². The molecule has 340 valence electrons. The van der Waals surface area contributed by atoms with E-state index in [1.807, 2.05) is 0 Å². The number of ether oxygens (including phenoxy) is 5. The number of hydrogen-bond donors (Lipinski definition) is 0. The van der Waals surface area contributed by atoms with Gasteiger partial charge in [0.05, 0.1) is 16.8 Å². The molecule has 0 aliphatic carbocycles. The maximum absolute atomic E-state index is 5.92. The molecule has 5 heteroatoms. The van der Waals surface area contributed by atoms with Crippen molar-refractivity contribution in [2.75, 3.05) is 46.2 Å². The van der Waals surface area contributed by atoms with Gasteiger partial charge in [-0.3, -0.25) is 0 Å². The molecule has 0 saturated carbocycles. The summed E-state index contributed by atoms with van der Waals surface area (Å²) in [6.45, 7) is 57.0. The van der Waals surface area contributed by atoms with Crippen LogP contribution >= 0.6 is 0 Å². The molecule has 0 aliphatic heterocycles. The van der Waals surface area contributed by atoms with Crippen molar-refractivity contribution in [3.05, 3.63) is 0 Å². The lowest BCUT2D eigenvalue weighted by atomic mass is 10.0. The zero-order valence-electron chi connectivity index (χ0n) is 42.6. The van der Waals surface area contributed by atoms with Crippen molar-refractivity contribution in [1.29, 1.82) is 0 Å². The molecule has 0 heterocycles. The molecule has 0 radical (unpaired) electrons. The summed E-state index contributed by atoms with van der Waals surface area (Å²) in [4.78, 5) is 0. The Morgan fingerprint density at radius 2 is 0.618 bits per heavy atom. The summed E-state index contributed by atoms with van der Waals surface area (Å²) in [6.07, 6.45) is 11.7. The van der Waals surface area contributed by atoms with Crippen LogP contribution in [0.5, 0.6) is 0 Å². The van der Waals surface area contributed by atoms with Crippen LogP contribution in [0.3, 0.4) is 0 Å². The fourth-order valence-corrected chi connectivity index (χ4v) is 3.65. The highest BCUT2D eigenvalue weighted by atomic mass is 16.5. The minimum absolute atomic E-state index is 0.0273. The molecule has 0 amide bonds. The van der Waals surface area contributed by atoms with Gasteiger partial charge in [0.1, 0.15) is 0 Å². The van der Waals surface area contributed by atoms with Crippen LogP contribution in [0.15, 0.2) is 0 Å². The minimum Gasteiger partial charge on any atom is -0.381 e. The fraction of sp³-hybridized carbons (Fsp3) is 1.00. The topological polar surface area (TPSA) is 46.2 Å². The van der Waals surface area contributed by atoms with Crippen LogP contribution in [0.1, 0.15) is 223 Å². The first kappa shape index (κ1) is 64.0. The summed E-state index contributed by atoms with van der Waals surface area (Å²) >= 11 is 0. The molecule has 0 rings (SSSR count). The fourth-order valence-electron chi connectivity index (χ4n) is 3.65. The van der Waals surface area contributed by atoms with Crippen LogP contribution in [-0.2, 0) is 23.7 Å². The van der Waals surface area contributed by atoms with Gasteiger partial charge in [0.15, 0.2) is 0 Å². The monoisotopic (exact) mass is 791 g/mol. The Kier molecular flexibility index (Phi) is 47.2. The van der Waals surface area contributed by atoms with Gasteiger partial charge >= 0.3 is 0 Å². The molecule has 0 bridgehead atoms. The van der Waals surface area contributed by atoms with E-state index in [-0.39, 0.29) is 16.8 Å². The molecule has 0 spiro atoms. The Morgan fingerprint density at radius 3 is 0.891 bits per heavy atom. The maximum Gasteiger partial charge on any atom is 0.0631 e. The molecule has 0 aliphatic rings. The van der Waals surface area contributed by atoms with Gasteiger partial charge in [-0.25, -0.2) is 0 Å². The minimum atomic E-state index is 0.0273. The Labute approximate surface area is 350 Å². The second kappa shape index (κ2) is 40.6. The second-order valence-corrected chi connectivity index (χ2v) is 19.6. The lowest BCUT2D eigenvalue weighted by Crippen LogP contribution is -2.35. The van der Waals surface area contributed by atoms with E-state index in [1.165, 1.54) is 44.9 Å². The predicted octanol–water partition coefficient (Wildman–Crippen LogP) is 15.9. The van der Waals surface area contributed by atoms with Crippen molar-refractivity contribution in [3.8, 4) is 0 Å². The quantitative estimate of drug-likeness (QED) is 0.0776. The normalized spacial score (nSPS) is 14.1. The molecule has 0 aromatic carbocycles. The van der Waals surface area contributed by atoms with E-state index in [1.54, 1.807) is 0 Å². The number of rotatable bonds is 27. The summed E-state index contributed by atoms with van der Waals surface area (Å²) < 4.78 is 28.1. The van der Waals surface area contributed by atoms with E-state index in [0.29, 0.717) is 5.92 Å². The lowest BCUT2D eigenvalue weighted by molar-refractivity contribution is -0.124. The maximum atomic E-state index is 5.92. The highest BCUT2D eigenvalue weighted by Crippen LogP contribution is 2.25. The summed E-state index contributed by atoms with van der Waals surface area (Å²) in [5.41, 5.74) is 0.127. The average Bonchev–Trinajstić information content (AvgIpc) is 3.12. The molecule has 0 aromatic rings. The van der Waals surface area contributed by atoms with Gasteiger partial charge in [-0.2, -0.15) is 0 Å². The van der Waals surface area contributed by atoms with Gasteiger partial charge in [-0.1, -0.05) is 143 Å². The summed E-state index contributed by atoms with van der Waals surface area (Å²) in [5.74, 6) is 5.18. The second-order valence-electron chi connectivity index (χ2n) is 19.6. The van der Waals surface area contributed by atoms with E-state index in [9.17, 15) is 0 Å². The Hall–Kier alpha value is -0.200. The molecule has 0 N–H and O–H groups in total. The zero-order valence-corrected chi connectivity index (χ0v) is 42.6. The molecular weight excluding hydrogens is 681 g/mol. The van der Waals surface area contributed by atoms with Crippen molar-refractivity contribution in [2.24, 2.45) is 41.4 Å². The predicted molar refractivity (Wildman–Crippen MR) is 249 cm³/mol. The lowest BCUT2D eigenvalue weighted by Gasteiger charge is -2.34. The van der Waals surface area contributed by atoms with Gasteiger partial charge < -0.3 is 23.7 Å². The Bertz CT molecular complexity index is 696. The van der Waals surface area contributed by atoms with E-state index in [2.05, 4.69) is 159 Å². The van der Waals surface area contributed by atoms with E-state index >= 15 is 0 Å². The molecule has 4 atom stereocenters. The van der Waals surface area contributed by atoms with Gasteiger partial charge in [-0.15, -0.1) is 0 Å². The molecule has 5 nitrogen and oxygen atoms in total. The summed E-state index contributed by atoms with van der Waals surface area (Å²) in [5, 5.41) is 0. The van der Waals surface area contributed by atoms with Crippen LogP contribution in [0.25, 0.3) is 0 Å². The highest BCUT2D eigenvalue weighted by Gasteiger charge is 2.25. The van der Waals surface area contributed by atoms with Crippen molar-refractivity contribution in [1.82, 2.24) is 0 Å². The molecule has 0 fully saturated rings. The van der Waals surface area contributed by atoms with Crippen LogP contribution in [0.4, 0.5) is 0 Å². The first-order chi connectivity index (χ1) is 25.3. The van der Waals surface area contributed by atoms with Crippen molar-refractivity contribution in [2.45, 2.75) is 240 Å². The Morgan fingerprint density at radius 1 is 0.345 bits per heavy atom. The summed E-state index contributed by atoms with van der Waals surface area (Å²) in [6, 6.07) is 0. The van der Waals surface area contributed by atoms with E-state index < -0.39 is 0 Å². The van der Waals surface area contributed by atoms with Gasteiger partial charge in [0.25, 0.3) is 0 Å². The third-order valence-corrected chi connectivity index (χ3v) is 10.4. The molecule has 55 heavy (non-hydrogen) atoms. The van der Waals surface area contributed by atoms with Crippen LogP contribution in [-0.4, -0.2) is 63.1 Å². The number of hydrogen-bond acceptors (Lipinski definition) is 5. The van der Waals surface area contributed by atoms with Gasteiger partial charge in [-0.05, 0) is 121 Å². The molecule has 0 aromatic heterocycles. The summed E-state index contributed by atoms with van der Waals surface area (Å²) in [7, 11) is 0. The van der Waals surface area contributed by atoms with Crippen molar-refractivity contribution < 1.29 is 23.7 Å². The molecule has 0 saturated heterocycles. The standard InChI is InChI=1S/5C10H22O/c1-9(2)5-7-11-8-6-10(3)4;1-7-9(3,4)11-10(5,6)8-2;1-6-9(3)8-11-10(4,5)7-2;1-5-10(4)8-11-7-6-9(2)3;1-5-9(3)7-11-8-10(4)6-2/h9-10H,5-8H2,1-4H3;7-8H2,1-6H3;9H,6-8H2,1-5H3;2*9-10H,5-8H2,1-4H3. The van der Waals surface area contributed by atoms with Gasteiger partial charge in [0.2, 0.25) is 0 Å². The van der Waals surface area contributed by atoms with Crippen LogP contribution in [0, 0.1) is 41.4 Å². The third kappa shape index (κ3) is 58.2. The average molecular weight is 791 g/mol. The molecule has 4 unspecified atom stereocenters. The van der Waals surface area contributed by atoms with Crippen LogP contribution in [0.2, 0.25) is 0 Å². The third-order valence-electron chi connectivity index (χ3n) is 10.4. The van der Waals surface area contributed by atoms with Crippen LogP contribution < -0.4 is 0 Å². The Balaban J connectivity index is -0.000000189.